The fourth-order valence-corrected chi connectivity index (χ4v) is 2.38. The van der Waals surface area contributed by atoms with Gasteiger partial charge in [-0.3, -0.25) is 0 Å². The second-order valence-electron chi connectivity index (χ2n) is 3.40. The molecule has 0 aromatic heterocycles. The van der Waals surface area contributed by atoms with Crippen LogP contribution in [0.2, 0.25) is 0 Å². The molecule has 1 unspecified atom stereocenters. The minimum Gasteiger partial charge on any atom is -0.206 e. The van der Waals surface area contributed by atoms with Gasteiger partial charge in [0.2, 0.25) is 0 Å². The maximum absolute atomic E-state index is 12.0. The monoisotopic (exact) mass is 293 g/mol. The summed E-state index contributed by atoms with van der Waals surface area (Å²) < 4.78 is 47.5. The summed E-state index contributed by atoms with van der Waals surface area (Å²) in [6, 6.07) is -0.478. The average molecular weight is 294 g/mol. The van der Waals surface area contributed by atoms with Gasteiger partial charge in [0.05, 0.1) is 0 Å². The highest BCUT2D eigenvalue weighted by Gasteiger charge is 2.26. The number of hydrogen-bond acceptors (Lipinski definition) is 2. The third-order valence-electron chi connectivity index (χ3n) is 1.51. The third kappa shape index (κ3) is 5.21. The Labute approximate surface area is 91.4 Å². The van der Waals surface area contributed by atoms with E-state index in [0.29, 0.717) is 11.8 Å². The molecule has 0 aliphatic heterocycles. The topological polar surface area (TPSA) is 46.2 Å². The molecule has 0 aromatic rings. The molecule has 0 bridgehead atoms. The fraction of sp³-hybridized carbons (Fsp3) is 1.00. The first-order chi connectivity index (χ1) is 6.29. The van der Waals surface area contributed by atoms with Crippen molar-refractivity contribution < 1.29 is 17.2 Å². The minimum atomic E-state index is -4.47. The normalized spacial score (nSPS) is 15.1. The molecule has 14 heavy (non-hydrogen) atoms. The number of halogens is 3. The van der Waals surface area contributed by atoms with Crippen molar-refractivity contribution in [2.45, 2.75) is 32.1 Å². The van der Waals surface area contributed by atoms with Crippen molar-refractivity contribution in [1.82, 2.24) is 4.72 Å². The van der Waals surface area contributed by atoms with Crippen LogP contribution in [0.25, 0.3) is 0 Å². The van der Waals surface area contributed by atoms with Gasteiger partial charge in [0.15, 0.2) is 0 Å². The van der Waals surface area contributed by atoms with Crippen molar-refractivity contribution in [1.29, 1.82) is 0 Å². The summed E-state index contributed by atoms with van der Waals surface area (Å²) in [5.74, 6) is -3.12. The first-order valence-electron chi connectivity index (χ1n) is 4.14. The number of hydrogen-bond donors (Lipinski definition) is 1. The Hall–Kier alpha value is 0.250. The molecule has 0 saturated carbocycles. The summed E-state index contributed by atoms with van der Waals surface area (Å²) in [5, 5.41) is 0.330. The van der Waals surface area contributed by atoms with Crippen LogP contribution < -0.4 is 4.72 Å². The Morgan fingerprint density at radius 2 is 1.86 bits per heavy atom. The number of rotatable bonds is 6. The molecule has 0 fully saturated rings. The van der Waals surface area contributed by atoms with Gasteiger partial charge in [-0.25, -0.2) is 13.1 Å². The molecular weight excluding hydrogens is 280 g/mol. The molecular formula is C7H14BrF2NO2S. The van der Waals surface area contributed by atoms with E-state index in [2.05, 4.69) is 15.9 Å². The predicted octanol–water partition coefficient (Wildman–Crippen LogP) is 1.94. The van der Waals surface area contributed by atoms with Crippen LogP contribution in [-0.4, -0.2) is 25.5 Å². The summed E-state index contributed by atoms with van der Waals surface area (Å²) in [6.45, 7) is 3.79. The molecule has 0 aromatic carbocycles. The van der Waals surface area contributed by atoms with E-state index < -0.39 is 21.8 Å². The zero-order chi connectivity index (χ0) is 11.4. The Bertz CT molecular complexity index is 256. The molecule has 3 nitrogen and oxygen atoms in total. The number of nitrogens with one attached hydrogen (secondary N) is 1. The summed E-state index contributed by atoms with van der Waals surface area (Å²) in [7, 11) is -4.47. The highest BCUT2D eigenvalue weighted by molar-refractivity contribution is 9.09. The van der Waals surface area contributed by atoms with E-state index in [1.54, 1.807) is 0 Å². The molecule has 0 aliphatic rings. The lowest BCUT2D eigenvalue weighted by atomic mass is 10.1. The SMILES string of the molecule is CC(C)CC(CBr)NS(=O)(=O)C(F)F. The number of sulfonamides is 1. The first-order valence-corrected chi connectivity index (χ1v) is 6.81. The van der Waals surface area contributed by atoms with Crippen molar-refractivity contribution in [2.24, 2.45) is 5.92 Å². The molecule has 0 rings (SSSR count). The van der Waals surface area contributed by atoms with Gasteiger partial charge in [-0.1, -0.05) is 29.8 Å². The molecule has 7 heteroatoms. The van der Waals surface area contributed by atoms with Crippen molar-refractivity contribution in [2.75, 3.05) is 5.33 Å². The van der Waals surface area contributed by atoms with Gasteiger partial charge in [0, 0.05) is 11.4 Å². The van der Waals surface area contributed by atoms with Crippen molar-refractivity contribution in [3.8, 4) is 0 Å². The Kier molecular flexibility index (Phi) is 6.08. The maximum Gasteiger partial charge on any atom is 0.350 e. The Morgan fingerprint density at radius 1 is 1.36 bits per heavy atom. The van der Waals surface area contributed by atoms with Crippen molar-refractivity contribution >= 4 is 26.0 Å². The Balaban J connectivity index is 4.32. The zero-order valence-electron chi connectivity index (χ0n) is 8.00. The lowest BCUT2D eigenvalue weighted by Gasteiger charge is -2.17. The molecule has 0 radical (unpaired) electrons. The van der Waals surface area contributed by atoms with Crippen molar-refractivity contribution in [3.05, 3.63) is 0 Å². The van der Waals surface area contributed by atoms with E-state index in [1.165, 1.54) is 0 Å². The first kappa shape index (κ1) is 14.2. The van der Waals surface area contributed by atoms with E-state index in [-0.39, 0.29) is 5.92 Å². The van der Waals surface area contributed by atoms with Gasteiger partial charge >= 0.3 is 5.76 Å². The molecule has 0 spiro atoms. The van der Waals surface area contributed by atoms with Crippen LogP contribution in [0, 0.1) is 5.92 Å². The third-order valence-corrected chi connectivity index (χ3v) is 3.42. The van der Waals surface area contributed by atoms with Crippen molar-refractivity contribution in [3.63, 3.8) is 0 Å². The minimum absolute atomic E-state index is 0.248. The van der Waals surface area contributed by atoms with Gasteiger partial charge < -0.3 is 0 Å². The van der Waals surface area contributed by atoms with E-state index >= 15 is 0 Å². The smallest absolute Gasteiger partial charge is 0.206 e. The highest BCUT2D eigenvalue weighted by Crippen LogP contribution is 2.11. The van der Waals surface area contributed by atoms with Gasteiger partial charge in [-0.2, -0.15) is 8.78 Å². The molecule has 0 saturated heterocycles. The standard InChI is InChI=1S/C7H14BrF2NO2S/c1-5(2)3-6(4-8)11-14(12,13)7(9)10/h5-7,11H,3-4H2,1-2H3. The van der Waals surface area contributed by atoms with E-state index in [1.807, 2.05) is 18.6 Å². The second kappa shape index (κ2) is 5.97. The van der Waals surface area contributed by atoms with Gasteiger partial charge in [0.25, 0.3) is 10.0 Å². The number of alkyl halides is 3. The lowest BCUT2D eigenvalue weighted by Crippen LogP contribution is -2.40. The molecule has 0 heterocycles. The van der Waals surface area contributed by atoms with Crippen LogP contribution in [-0.2, 0) is 10.0 Å². The van der Waals surface area contributed by atoms with Crippen LogP contribution in [0.1, 0.15) is 20.3 Å². The maximum atomic E-state index is 12.0. The molecule has 0 aliphatic carbocycles. The molecule has 86 valence electrons. The molecule has 1 atom stereocenters. The van der Waals surface area contributed by atoms with Crippen LogP contribution in [0.15, 0.2) is 0 Å². The average Bonchev–Trinajstić information content (AvgIpc) is 2.01. The summed E-state index contributed by atoms with van der Waals surface area (Å²) in [5.41, 5.74) is 0. The predicted molar refractivity (Wildman–Crippen MR) is 55.1 cm³/mol. The van der Waals surface area contributed by atoms with Crippen LogP contribution in [0.3, 0.4) is 0 Å². The summed E-state index contributed by atoms with van der Waals surface area (Å²) in [4.78, 5) is 0. The quantitative estimate of drug-likeness (QED) is 0.761. The fourth-order valence-electron chi connectivity index (χ4n) is 0.995. The van der Waals surface area contributed by atoms with E-state index in [4.69, 9.17) is 0 Å². The summed E-state index contributed by atoms with van der Waals surface area (Å²) in [6.07, 6.45) is 0.525. The second-order valence-corrected chi connectivity index (χ2v) is 5.73. The van der Waals surface area contributed by atoms with Crippen LogP contribution in [0.5, 0.6) is 0 Å². The van der Waals surface area contributed by atoms with Gasteiger partial charge in [-0.15, -0.1) is 0 Å². The van der Waals surface area contributed by atoms with E-state index in [0.717, 1.165) is 0 Å². The highest BCUT2D eigenvalue weighted by atomic mass is 79.9. The molecule has 0 amide bonds. The summed E-state index contributed by atoms with van der Waals surface area (Å²) >= 11 is 3.07. The van der Waals surface area contributed by atoms with Gasteiger partial charge in [0.1, 0.15) is 0 Å². The largest absolute Gasteiger partial charge is 0.350 e. The van der Waals surface area contributed by atoms with Crippen LogP contribution >= 0.6 is 15.9 Å². The van der Waals surface area contributed by atoms with Crippen LogP contribution in [0.4, 0.5) is 8.78 Å². The van der Waals surface area contributed by atoms with Gasteiger partial charge in [-0.05, 0) is 12.3 Å². The zero-order valence-corrected chi connectivity index (χ0v) is 10.4. The Morgan fingerprint density at radius 3 is 2.14 bits per heavy atom. The molecule has 1 N–H and O–H groups in total. The lowest BCUT2D eigenvalue weighted by molar-refractivity contribution is 0.231. The van der Waals surface area contributed by atoms with E-state index in [9.17, 15) is 17.2 Å².